The van der Waals surface area contributed by atoms with Crippen molar-refractivity contribution < 1.29 is 18.0 Å². The first kappa shape index (κ1) is 23.2. The lowest BCUT2D eigenvalue weighted by Crippen LogP contribution is -2.45. The summed E-state index contributed by atoms with van der Waals surface area (Å²) in [6, 6.07) is 13.3. The number of rotatable bonds is 6. The summed E-state index contributed by atoms with van der Waals surface area (Å²) < 4.78 is 26.2. The fraction of sp³-hybridized carbons (Fsp3) is 0.364. The Morgan fingerprint density at radius 2 is 1.81 bits per heavy atom. The summed E-state index contributed by atoms with van der Waals surface area (Å²) >= 11 is 5.89. The lowest BCUT2D eigenvalue weighted by molar-refractivity contribution is -0.126. The molecule has 0 radical (unpaired) electrons. The highest BCUT2D eigenvalue weighted by molar-refractivity contribution is 7.89. The second kappa shape index (κ2) is 9.80. The highest BCUT2D eigenvalue weighted by Gasteiger charge is 2.29. The molecule has 0 saturated carbocycles. The van der Waals surface area contributed by atoms with Gasteiger partial charge in [0, 0.05) is 44.3 Å². The molecule has 1 fully saturated rings. The molecule has 0 aromatic heterocycles. The van der Waals surface area contributed by atoms with Crippen molar-refractivity contribution in [3.63, 3.8) is 0 Å². The van der Waals surface area contributed by atoms with Gasteiger partial charge in [0.15, 0.2) is 0 Å². The van der Waals surface area contributed by atoms with E-state index in [-0.39, 0.29) is 29.2 Å². The standard InChI is InChI=1S/C22H26ClN3O4S/c1-25(2)31(29,30)20-8-4-3-6-17(20)14-24-21(27)18-7-5-13-26(15-18)22(28)16-9-11-19(23)12-10-16/h3-4,6,8-12,18H,5,7,13-15H2,1-2H3,(H,24,27). The smallest absolute Gasteiger partial charge is 0.253 e. The number of likely N-dealkylation sites (tertiary alicyclic amines) is 1. The second-order valence-electron chi connectivity index (χ2n) is 7.71. The third kappa shape index (κ3) is 5.44. The Morgan fingerprint density at radius 3 is 2.48 bits per heavy atom. The maximum Gasteiger partial charge on any atom is 0.253 e. The number of amides is 2. The molecule has 1 unspecified atom stereocenters. The van der Waals surface area contributed by atoms with E-state index < -0.39 is 10.0 Å². The zero-order valence-corrected chi connectivity index (χ0v) is 19.1. The van der Waals surface area contributed by atoms with Crippen LogP contribution in [0.25, 0.3) is 0 Å². The Morgan fingerprint density at radius 1 is 1.13 bits per heavy atom. The van der Waals surface area contributed by atoms with Crippen LogP contribution in [0.4, 0.5) is 0 Å². The Labute approximate surface area is 188 Å². The van der Waals surface area contributed by atoms with Crippen LogP contribution in [0, 0.1) is 5.92 Å². The molecule has 2 amide bonds. The second-order valence-corrected chi connectivity index (χ2v) is 10.3. The number of sulfonamides is 1. The lowest BCUT2D eigenvalue weighted by atomic mass is 9.96. The summed E-state index contributed by atoms with van der Waals surface area (Å²) in [5.74, 6) is -0.662. The molecule has 0 bridgehead atoms. The Bertz CT molecular complexity index is 1050. The zero-order chi connectivity index (χ0) is 22.6. The van der Waals surface area contributed by atoms with E-state index in [1.54, 1.807) is 47.4 Å². The molecule has 1 saturated heterocycles. The molecule has 9 heteroatoms. The summed E-state index contributed by atoms with van der Waals surface area (Å²) in [7, 11) is -0.672. The highest BCUT2D eigenvalue weighted by Crippen LogP contribution is 2.21. The number of piperidine rings is 1. The van der Waals surface area contributed by atoms with E-state index in [0.29, 0.717) is 35.7 Å². The molecule has 1 atom stereocenters. The normalized spacial score (nSPS) is 16.9. The van der Waals surface area contributed by atoms with Gasteiger partial charge in [0.05, 0.1) is 10.8 Å². The van der Waals surface area contributed by atoms with Gasteiger partial charge in [0.2, 0.25) is 15.9 Å². The van der Waals surface area contributed by atoms with Crippen LogP contribution in [0.2, 0.25) is 5.02 Å². The van der Waals surface area contributed by atoms with Crippen molar-refractivity contribution in [1.29, 1.82) is 0 Å². The van der Waals surface area contributed by atoms with Crippen molar-refractivity contribution in [2.24, 2.45) is 5.92 Å². The van der Waals surface area contributed by atoms with E-state index >= 15 is 0 Å². The first-order valence-corrected chi connectivity index (χ1v) is 11.8. The number of halogens is 1. The predicted octanol–water partition coefficient (Wildman–Crippen LogP) is 2.76. The van der Waals surface area contributed by atoms with Crippen molar-refractivity contribution in [1.82, 2.24) is 14.5 Å². The molecule has 2 aromatic rings. The van der Waals surface area contributed by atoms with Gasteiger partial charge in [0.25, 0.3) is 5.91 Å². The molecule has 2 aromatic carbocycles. The average molecular weight is 464 g/mol. The fourth-order valence-electron chi connectivity index (χ4n) is 3.58. The van der Waals surface area contributed by atoms with Gasteiger partial charge in [-0.3, -0.25) is 9.59 Å². The monoisotopic (exact) mass is 463 g/mol. The average Bonchev–Trinajstić information content (AvgIpc) is 2.77. The van der Waals surface area contributed by atoms with Crippen LogP contribution in [0.1, 0.15) is 28.8 Å². The maximum atomic E-state index is 12.8. The molecule has 3 rings (SSSR count). The number of benzene rings is 2. The van der Waals surface area contributed by atoms with Gasteiger partial charge in [-0.1, -0.05) is 29.8 Å². The third-order valence-electron chi connectivity index (χ3n) is 5.35. The van der Waals surface area contributed by atoms with E-state index in [2.05, 4.69) is 5.32 Å². The van der Waals surface area contributed by atoms with Crippen LogP contribution in [0.3, 0.4) is 0 Å². The largest absolute Gasteiger partial charge is 0.352 e. The van der Waals surface area contributed by atoms with Crippen molar-refractivity contribution in [2.75, 3.05) is 27.2 Å². The van der Waals surface area contributed by atoms with Crippen molar-refractivity contribution in [3.8, 4) is 0 Å². The van der Waals surface area contributed by atoms with E-state index in [9.17, 15) is 18.0 Å². The molecule has 1 aliphatic rings. The summed E-state index contributed by atoms with van der Waals surface area (Å²) in [4.78, 5) is 27.4. The SMILES string of the molecule is CN(C)S(=O)(=O)c1ccccc1CNC(=O)C1CCCN(C(=O)c2ccc(Cl)cc2)C1. The van der Waals surface area contributed by atoms with Gasteiger partial charge < -0.3 is 10.2 Å². The molecule has 0 spiro atoms. The minimum absolute atomic E-state index is 0.101. The maximum absolute atomic E-state index is 12.8. The molecular weight excluding hydrogens is 438 g/mol. The van der Waals surface area contributed by atoms with E-state index in [1.165, 1.54) is 20.2 Å². The molecular formula is C22H26ClN3O4S. The number of nitrogens with zero attached hydrogens (tertiary/aromatic N) is 2. The summed E-state index contributed by atoms with van der Waals surface area (Å²) in [6.45, 7) is 1.02. The predicted molar refractivity (Wildman–Crippen MR) is 119 cm³/mol. The van der Waals surface area contributed by atoms with Crippen LogP contribution >= 0.6 is 11.6 Å². The summed E-state index contributed by atoms with van der Waals surface area (Å²) in [6.07, 6.45) is 1.40. The lowest BCUT2D eigenvalue weighted by Gasteiger charge is -2.32. The molecule has 1 heterocycles. The molecule has 7 nitrogen and oxygen atoms in total. The summed E-state index contributed by atoms with van der Waals surface area (Å²) in [5, 5.41) is 3.41. The number of carbonyl (C=O) groups excluding carboxylic acids is 2. The number of hydrogen-bond donors (Lipinski definition) is 1. The first-order chi connectivity index (χ1) is 14.7. The first-order valence-electron chi connectivity index (χ1n) is 10.0. The van der Waals surface area contributed by atoms with Crippen LogP contribution in [0.5, 0.6) is 0 Å². The van der Waals surface area contributed by atoms with E-state index in [1.807, 2.05) is 0 Å². The van der Waals surface area contributed by atoms with Crippen molar-refractivity contribution in [3.05, 3.63) is 64.7 Å². The quantitative estimate of drug-likeness (QED) is 0.713. The number of hydrogen-bond acceptors (Lipinski definition) is 4. The molecule has 0 aliphatic carbocycles. The van der Waals surface area contributed by atoms with Gasteiger partial charge >= 0.3 is 0 Å². The molecule has 166 valence electrons. The topological polar surface area (TPSA) is 86.8 Å². The Balaban J connectivity index is 1.65. The van der Waals surface area contributed by atoms with Gasteiger partial charge in [0.1, 0.15) is 0 Å². The van der Waals surface area contributed by atoms with E-state index in [4.69, 9.17) is 11.6 Å². The van der Waals surface area contributed by atoms with Gasteiger partial charge in [-0.05, 0) is 48.7 Å². The van der Waals surface area contributed by atoms with E-state index in [0.717, 1.165) is 10.7 Å². The third-order valence-corrected chi connectivity index (χ3v) is 7.52. The minimum atomic E-state index is -3.61. The van der Waals surface area contributed by atoms with Crippen LogP contribution in [-0.2, 0) is 21.4 Å². The number of nitrogens with one attached hydrogen (secondary N) is 1. The minimum Gasteiger partial charge on any atom is -0.352 e. The highest BCUT2D eigenvalue weighted by atomic mass is 35.5. The van der Waals surface area contributed by atoms with Gasteiger partial charge in [-0.25, -0.2) is 12.7 Å². The van der Waals surface area contributed by atoms with Crippen LogP contribution < -0.4 is 5.32 Å². The van der Waals surface area contributed by atoms with Crippen molar-refractivity contribution in [2.45, 2.75) is 24.3 Å². The Kier molecular flexibility index (Phi) is 7.35. The van der Waals surface area contributed by atoms with Crippen LogP contribution in [0.15, 0.2) is 53.4 Å². The van der Waals surface area contributed by atoms with Gasteiger partial charge in [-0.15, -0.1) is 0 Å². The molecule has 1 N–H and O–H groups in total. The summed E-state index contributed by atoms with van der Waals surface area (Å²) in [5.41, 5.74) is 1.06. The zero-order valence-electron chi connectivity index (χ0n) is 17.5. The molecule has 31 heavy (non-hydrogen) atoms. The number of carbonyl (C=O) groups is 2. The van der Waals surface area contributed by atoms with Crippen molar-refractivity contribution >= 4 is 33.4 Å². The fourth-order valence-corrected chi connectivity index (χ4v) is 4.82. The Hall–Kier alpha value is -2.42. The molecule has 1 aliphatic heterocycles. The van der Waals surface area contributed by atoms with Crippen LogP contribution in [-0.4, -0.2) is 56.6 Å². The van der Waals surface area contributed by atoms with Gasteiger partial charge in [-0.2, -0.15) is 0 Å².